The van der Waals surface area contributed by atoms with Gasteiger partial charge in [-0.1, -0.05) is 18.9 Å². The van der Waals surface area contributed by atoms with Crippen LogP contribution in [0.25, 0.3) is 0 Å². The number of hydrogen-bond donors (Lipinski definition) is 2. The van der Waals surface area contributed by atoms with Gasteiger partial charge in [-0.2, -0.15) is 0 Å². The van der Waals surface area contributed by atoms with Crippen molar-refractivity contribution < 1.29 is 9.13 Å². The Bertz CT molecular complexity index is 699. The van der Waals surface area contributed by atoms with Crippen LogP contribution in [0.1, 0.15) is 31.2 Å². The number of aromatic nitrogens is 1. The van der Waals surface area contributed by atoms with Crippen LogP contribution in [0.15, 0.2) is 47.7 Å². The summed E-state index contributed by atoms with van der Waals surface area (Å²) in [6.45, 7) is 0.329. The maximum Gasteiger partial charge on any atom is 0.189 e. The Hall–Kier alpha value is -2.63. The number of ether oxygens (including phenoxy) is 1. The molecule has 5 nitrogen and oxygen atoms in total. The monoisotopic (exact) mass is 328 g/mol. The lowest BCUT2D eigenvalue weighted by Gasteiger charge is -2.12. The first-order valence-electron chi connectivity index (χ1n) is 8.13. The molecule has 0 atom stereocenters. The highest BCUT2D eigenvalue weighted by Gasteiger charge is 2.14. The molecule has 6 heteroatoms. The number of pyridine rings is 1. The Morgan fingerprint density at radius 1 is 1.33 bits per heavy atom. The van der Waals surface area contributed by atoms with E-state index >= 15 is 0 Å². The van der Waals surface area contributed by atoms with Crippen molar-refractivity contribution in [3.05, 3.63) is 54.1 Å². The minimum absolute atomic E-state index is 0.160. The van der Waals surface area contributed by atoms with E-state index in [0.717, 1.165) is 18.4 Å². The van der Waals surface area contributed by atoms with Crippen molar-refractivity contribution >= 4 is 5.96 Å². The molecule has 3 rings (SSSR count). The first-order chi connectivity index (χ1) is 11.7. The maximum atomic E-state index is 14.1. The SMILES string of the molecule is NC(=NCc1ccc(Oc2cccnc2)c(F)c1)NC1CCCC1. The highest BCUT2D eigenvalue weighted by Crippen LogP contribution is 2.24. The molecular formula is C18H21FN4O. The second-order valence-corrected chi connectivity index (χ2v) is 5.88. The number of guanidine groups is 1. The van der Waals surface area contributed by atoms with Gasteiger partial charge in [-0.15, -0.1) is 0 Å². The van der Waals surface area contributed by atoms with E-state index in [1.165, 1.54) is 25.1 Å². The number of benzene rings is 1. The van der Waals surface area contributed by atoms with Crippen LogP contribution in [0.5, 0.6) is 11.5 Å². The highest BCUT2D eigenvalue weighted by atomic mass is 19.1. The fourth-order valence-electron chi connectivity index (χ4n) is 2.76. The van der Waals surface area contributed by atoms with Gasteiger partial charge in [-0.05, 0) is 42.7 Å². The lowest BCUT2D eigenvalue weighted by atomic mass is 10.2. The summed E-state index contributed by atoms with van der Waals surface area (Å²) < 4.78 is 19.6. The van der Waals surface area contributed by atoms with Crippen LogP contribution in [0.4, 0.5) is 4.39 Å². The Labute approximate surface area is 140 Å². The molecule has 0 radical (unpaired) electrons. The van der Waals surface area contributed by atoms with Gasteiger partial charge >= 0.3 is 0 Å². The molecule has 1 aliphatic carbocycles. The molecule has 0 unspecified atom stereocenters. The van der Waals surface area contributed by atoms with E-state index < -0.39 is 5.82 Å². The zero-order valence-electron chi connectivity index (χ0n) is 13.4. The number of aliphatic imine (C=N–C) groups is 1. The number of halogens is 1. The van der Waals surface area contributed by atoms with Gasteiger partial charge in [0.1, 0.15) is 5.75 Å². The van der Waals surface area contributed by atoms with Gasteiger partial charge in [0.05, 0.1) is 12.7 Å². The fourth-order valence-corrected chi connectivity index (χ4v) is 2.76. The highest BCUT2D eigenvalue weighted by molar-refractivity contribution is 5.78. The van der Waals surface area contributed by atoms with E-state index in [0.29, 0.717) is 24.3 Å². The topological polar surface area (TPSA) is 72.5 Å². The summed E-state index contributed by atoms with van der Waals surface area (Å²) in [7, 11) is 0. The molecule has 1 aromatic heterocycles. The first kappa shape index (κ1) is 16.2. The molecule has 1 heterocycles. The van der Waals surface area contributed by atoms with Crippen molar-refractivity contribution in [3.63, 3.8) is 0 Å². The molecule has 0 saturated heterocycles. The first-order valence-corrected chi connectivity index (χ1v) is 8.13. The van der Waals surface area contributed by atoms with Crippen LogP contribution in [-0.2, 0) is 6.54 Å². The Kier molecular flexibility index (Phi) is 5.25. The average Bonchev–Trinajstić information content (AvgIpc) is 3.09. The summed E-state index contributed by atoms with van der Waals surface area (Å²) in [6, 6.07) is 8.66. The smallest absolute Gasteiger partial charge is 0.189 e. The summed E-state index contributed by atoms with van der Waals surface area (Å²) in [5.41, 5.74) is 6.62. The van der Waals surface area contributed by atoms with Crippen molar-refractivity contribution in [1.29, 1.82) is 0 Å². The summed E-state index contributed by atoms with van der Waals surface area (Å²) in [6.07, 6.45) is 7.89. The third-order valence-corrected chi connectivity index (χ3v) is 4.00. The second-order valence-electron chi connectivity index (χ2n) is 5.88. The van der Waals surface area contributed by atoms with Crippen molar-refractivity contribution in [2.45, 2.75) is 38.3 Å². The van der Waals surface area contributed by atoms with Crippen LogP contribution in [0.3, 0.4) is 0 Å². The molecule has 0 bridgehead atoms. The number of nitrogens with one attached hydrogen (secondary N) is 1. The largest absolute Gasteiger partial charge is 0.453 e. The van der Waals surface area contributed by atoms with Gasteiger partial charge < -0.3 is 15.8 Å². The van der Waals surface area contributed by atoms with E-state index in [1.54, 1.807) is 30.5 Å². The van der Waals surface area contributed by atoms with E-state index in [-0.39, 0.29) is 5.75 Å². The number of nitrogens with two attached hydrogens (primary N) is 1. The summed E-state index contributed by atoms with van der Waals surface area (Å²) in [4.78, 5) is 8.21. The Morgan fingerprint density at radius 2 is 2.17 bits per heavy atom. The molecule has 1 aliphatic rings. The predicted octanol–water partition coefficient (Wildman–Crippen LogP) is 3.36. The second kappa shape index (κ2) is 7.77. The predicted molar refractivity (Wildman–Crippen MR) is 91.4 cm³/mol. The molecule has 0 spiro atoms. The van der Waals surface area contributed by atoms with Gasteiger partial charge in [-0.25, -0.2) is 9.38 Å². The zero-order chi connectivity index (χ0) is 16.8. The summed E-state index contributed by atoms with van der Waals surface area (Å²) in [5, 5.41) is 3.21. The van der Waals surface area contributed by atoms with Crippen LogP contribution < -0.4 is 15.8 Å². The standard InChI is InChI=1S/C18H21FN4O/c19-16-10-13(11-22-18(20)23-14-4-1-2-5-14)7-8-17(16)24-15-6-3-9-21-12-15/h3,6-10,12,14H,1-2,4-5,11H2,(H3,20,22,23). The van der Waals surface area contributed by atoms with E-state index in [2.05, 4.69) is 15.3 Å². The Morgan fingerprint density at radius 3 is 2.88 bits per heavy atom. The lowest BCUT2D eigenvalue weighted by molar-refractivity contribution is 0.440. The van der Waals surface area contributed by atoms with Crippen LogP contribution in [0, 0.1) is 5.82 Å². The van der Waals surface area contributed by atoms with Gasteiger partial charge in [0.2, 0.25) is 0 Å². The average molecular weight is 328 g/mol. The third kappa shape index (κ3) is 4.44. The van der Waals surface area contributed by atoms with E-state index in [4.69, 9.17) is 10.5 Å². The lowest BCUT2D eigenvalue weighted by Crippen LogP contribution is -2.38. The van der Waals surface area contributed by atoms with Crippen molar-refractivity contribution in [3.8, 4) is 11.5 Å². The molecule has 1 aromatic carbocycles. The molecule has 1 fully saturated rings. The van der Waals surface area contributed by atoms with E-state index in [1.807, 2.05) is 0 Å². The molecular weight excluding hydrogens is 307 g/mol. The molecule has 2 aromatic rings. The number of hydrogen-bond acceptors (Lipinski definition) is 3. The van der Waals surface area contributed by atoms with Gasteiger partial charge in [0, 0.05) is 12.2 Å². The maximum absolute atomic E-state index is 14.1. The minimum atomic E-state index is -0.436. The minimum Gasteiger partial charge on any atom is -0.453 e. The van der Waals surface area contributed by atoms with Gasteiger partial charge in [0.25, 0.3) is 0 Å². The molecule has 0 aliphatic heterocycles. The van der Waals surface area contributed by atoms with Gasteiger partial charge in [-0.3, -0.25) is 4.98 Å². The van der Waals surface area contributed by atoms with Crippen LogP contribution >= 0.6 is 0 Å². The quantitative estimate of drug-likeness (QED) is 0.652. The molecule has 24 heavy (non-hydrogen) atoms. The van der Waals surface area contributed by atoms with Crippen molar-refractivity contribution in [1.82, 2.24) is 10.3 Å². The Balaban J connectivity index is 1.59. The van der Waals surface area contributed by atoms with Crippen LogP contribution in [-0.4, -0.2) is 17.0 Å². The van der Waals surface area contributed by atoms with Gasteiger partial charge in [0.15, 0.2) is 17.5 Å². The molecule has 0 amide bonds. The van der Waals surface area contributed by atoms with Crippen molar-refractivity contribution in [2.75, 3.05) is 0 Å². The number of rotatable bonds is 5. The summed E-state index contributed by atoms with van der Waals surface area (Å²) >= 11 is 0. The molecule has 126 valence electrons. The molecule has 1 saturated carbocycles. The fraction of sp³-hybridized carbons (Fsp3) is 0.333. The zero-order valence-corrected chi connectivity index (χ0v) is 13.4. The normalized spacial score (nSPS) is 15.5. The van der Waals surface area contributed by atoms with Crippen molar-refractivity contribution in [2.24, 2.45) is 10.7 Å². The number of nitrogens with zero attached hydrogens (tertiary/aromatic N) is 2. The van der Waals surface area contributed by atoms with E-state index in [9.17, 15) is 4.39 Å². The third-order valence-electron chi connectivity index (χ3n) is 4.00. The summed E-state index contributed by atoms with van der Waals surface area (Å²) in [5.74, 6) is 0.631. The molecule has 3 N–H and O–H groups in total. The van der Waals surface area contributed by atoms with Crippen LogP contribution in [0.2, 0.25) is 0 Å².